The first kappa shape index (κ1) is 14.9. The number of esters is 2. The first-order valence-electron chi connectivity index (χ1n) is 5.92. The number of anilines is 1. The molecule has 0 aromatic carbocycles. The Hall–Kier alpha value is -2.11. The van der Waals surface area contributed by atoms with Crippen LogP contribution < -0.4 is 4.90 Å². The Labute approximate surface area is 112 Å². The molecule has 1 aromatic rings. The third kappa shape index (κ3) is 3.94. The average molecular weight is 266 g/mol. The molecule has 104 valence electrons. The van der Waals surface area contributed by atoms with Gasteiger partial charge in [-0.15, -0.1) is 0 Å². The Balaban J connectivity index is 2.82. The van der Waals surface area contributed by atoms with Crippen molar-refractivity contribution >= 4 is 17.8 Å². The molecule has 0 amide bonds. The van der Waals surface area contributed by atoms with E-state index in [1.165, 1.54) is 7.11 Å². The van der Waals surface area contributed by atoms with Crippen molar-refractivity contribution in [2.75, 3.05) is 32.2 Å². The lowest BCUT2D eigenvalue weighted by Crippen LogP contribution is -2.28. The largest absolute Gasteiger partial charge is 0.465 e. The second kappa shape index (κ2) is 6.72. The fourth-order valence-corrected chi connectivity index (χ4v) is 1.57. The predicted octanol–water partition coefficient (Wildman–Crippen LogP) is 1.18. The molecule has 0 saturated carbocycles. The second-order valence-corrected chi connectivity index (χ2v) is 3.96. The zero-order chi connectivity index (χ0) is 14.4. The molecule has 19 heavy (non-hydrogen) atoms. The normalized spacial score (nSPS) is 9.89. The molecule has 0 spiro atoms. The molecule has 0 aliphatic heterocycles. The lowest BCUT2D eigenvalue weighted by molar-refractivity contribution is -0.141. The zero-order valence-corrected chi connectivity index (χ0v) is 11.6. The third-order valence-electron chi connectivity index (χ3n) is 2.54. The third-order valence-corrected chi connectivity index (χ3v) is 2.54. The number of ether oxygens (including phenoxy) is 2. The number of rotatable bonds is 5. The van der Waals surface area contributed by atoms with Gasteiger partial charge < -0.3 is 14.4 Å². The molecular weight excluding hydrogens is 248 g/mol. The van der Waals surface area contributed by atoms with E-state index in [0.717, 1.165) is 0 Å². The van der Waals surface area contributed by atoms with Crippen LogP contribution in [0.25, 0.3) is 0 Å². The smallest absolute Gasteiger partial charge is 0.339 e. The Morgan fingerprint density at radius 3 is 2.58 bits per heavy atom. The van der Waals surface area contributed by atoms with Crippen LogP contribution in [0.15, 0.2) is 12.1 Å². The van der Waals surface area contributed by atoms with Gasteiger partial charge in [-0.2, -0.15) is 0 Å². The molecule has 6 heteroatoms. The van der Waals surface area contributed by atoms with E-state index in [1.807, 2.05) is 0 Å². The molecule has 0 aliphatic carbocycles. The lowest BCUT2D eigenvalue weighted by atomic mass is 10.2. The van der Waals surface area contributed by atoms with Crippen LogP contribution in [-0.2, 0) is 14.3 Å². The summed E-state index contributed by atoms with van der Waals surface area (Å²) in [4.78, 5) is 28.7. The summed E-state index contributed by atoms with van der Waals surface area (Å²) >= 11 is 0. The minimum atomic E-state index is -0.426. The van der Waals surface area contributed by atoms with Gasteiger partial charge in [0, 0.05) is 7.05 Å². The van der Waals surface area contributed by atoms with Crippen LogP contribution >= 0.6 is 0 Å². The lowest BCUT2D eigenvalue weighted by Gasteiger charge is -2.18. The van der Waals surface area contributed by atoms with Crippen molar-refractivity contribution in [3.63, 3.8) is 0 Å². The molecule has 0 fully saturated rings. The van der Waals surface area contributed by atoms with Gasteiger partial charge in [0.05, 0.1) is 25.0 Å². The van der Waals surface area contributed by atoms with Gasteiger partial charge in [-0.3, -0.25) is 4.79 Å². The SMILES string of the molecule is CCOC(=O)CN(C)c1ccc(C(=O)OC)c(C)n1. The summed E-state index contributed by atoms with van der Waals surface area (Å²) in [5, 5.41) is 0. The number of methoxy groups -OCH3 is 1. The van der Waals surface area contributed by atoms with Crippen molar-refractivity contribution in [1.82, 2.24) is 4.98 Å². The predicted molar refractivity (Wildman–Crippen MR) is 70.2 cm³/mol. The fraction of sp³-hybridized carbons (Fsp3) is 0.462. The summed E-state index contributed by atoms with van der Waals surface area (Å²) in [5.74, 6) is -0.149. The Bertz CT molecular complexity index is 474. The number of carbonyl (C=O) groups is 2. The summed E-state index contributed by atoms with van der Waals surface area (Å²) in [6.45, 7) is 3.93. The zero-order valence-electron chi connectivity index (χ0n) is 11.6. The average Bonchev–Trinajstić information content (AvgIpc) is 2.37. The van der Waals surface area contributed by atoms with Crippen LogP contribution in [0.1, 0.15) is 23.0 Å². The van der Waals surface area contributed by atoms with E-state index < -0.39 is 5.97 Å². The highest BCUT2D eigenvalue weighted by molar-refractivity contribution is 5.90. The van der Waals surface area contributed by atoms with E-state index >= 15 is 0 Å². The number of hydrogen-bond donors (Lipinski definition) is 0. The number of aromatic nitrogens is 1. The number of nitrogens with zero attached hydrogens (tertiary/aromatic N) is 2. The van der Waals surface area contributed by atoms with Gasteiger partial charge in [0.1, 0.15) is 12.4 Å². The molecule has 0 aliphatic rings. The molecule has 0 radical (unpaired) electrons. The Morgan fingerprint density at radius 2 is 2.05 bits per heavy atom. The minimum absolute atomic E-state index is 0.109. The molecule has 1 rings (SSSR count). The standard InChI is InChI=1S/C13H18N2O4/c1-5-19-12(16)8-15(3)11-7-6-10(9(2)14-11)13(17)18-4/h6-7H,5,8H2,1-4H3. The van der Waals surface area contributed by atoms with Crippen molar-refractivity contribution in [3.8, 4) is 0 Å². The van der Waals surface area contributed by atoms with E-state index in [0.29, 0.717) is 23.7 Å². The summed E-state index contributed by atoms with van der Waals surface area (Å²) in [6, 6.07) is 3.30. The van der Waals surface area contributed by atoms with Crippen molar-refractivity contribution in [3.05, 3.63) is 23.4 Å². The van der Waals surface area contributed by atoms with Crippen LogP contribution in [-0.4, -0.2) is 44.2 Å². The number of hydrogen-bond acceptors (Lipinski definition) is 6. The van der Waals surface area contributed by atoms with Gasteiger partial charge in [-0.05, 0) is 26.0 Å². The summed E-state index contributed by atoms with van der Waals surface area (Å²) < 4.78 is 9.51. The van der Waals surface area contributed by atoms with Gasteiger partial charge >= 0.3 is 11.9 Å². The molecule has 0 N–H and O–H groups in total. The molecule has 1 aromatic heterocycles. The fourth-order valence-electron chi connectivity index (χ4n) is 1.57. The quantitative estimate of drug-likeness (QED) is 0.745. The molecular formula is C13H18N2O4. The second-order valence-electron chi connectivity index (χ2n) is 3.96. The van der Waals surface area contributed by atoms with E-state index in [9.17, 15) is 9.59 Å². The summed E-state index contributed by atoms with van der Waals surface area (Å²) in [5.41, 5.74) is 0.968. The van der Waals surface area contributed by atoms with Crippen LogP contribution in [0.3, 0.4) is 0 Å². The number of aryl methyl sites for hydroxylation is 1. The highest BCUT2D eigenvalue weighted by Crippen LogP contribution is 2.14. The molecule has 0 saturated heterocycles. The van der Waals surface area contributed by atoms with Gasteiger partial charge in [-0.25, -0.2) is 9.78 Å². The topological polar surface area (TPSA) is 68.7 Å². The molecule has 0 bridgehead atoms. The van der Waals surface area contributed by atoms with Gasteiger partial charge in [0.15, 0.2) is 0 Å². The van der Waals surface area contributed by atoms with Crippen LogP contribution in [0.5, 0.6) is 0 Å². The first-order chi connectivity index (χ1) is 8.99. The van der Waals surface area contributed by atoms with E-state index in [-0.39, 0.29) is 12.5 Å². The number of carbonyl (C=O) groups excluding carboxylic acids is 2. The van der Waals surface area contributed by atoms with E-state index in [2.05, 4.69) is 9.72 Å². The molecule has 1 heterocycles. The van der Waals surface area contributed by atoms with Crippen LogP contribution in [0.4, 0.5) is 5.82 Å². The Kier molecular flexibility index (Phi) is 5.29. The van der Waals surface area contributed by atoms with Crippen molar-refractivity contribution in [2.24, 2.45) is 0 Å². The summed E-state index contributed by atoms with van der Waals surface area (Å²) in [7, 11) is 3.05. The molecule has 0 atom stereocenters. The maximum Gasteiger partial charge on any atom is 0.339 e. The molecule has 0 unspecified atom stereocenters. The van der Waals surface area contributed by atoms with Crippen LogP contribution in [0.2, 0.25) is 0 Å². The van der Waals surface area contributed by atoms with E-state index in [1.54, 1.807) is 37.9 Å². The molecule has 6 nitrogen and oxygen atoms in total. The maximum atomic E-state index is 11.4. The summed E-state index contributed by atoms with van der Waals surface area (Å²) in [6.07, 6.45) is 0. The van der Waals surface area contributed by atoms with E-state index in [4.69, 9.17) is 4.74 Å². The monoisotopic (exact) mass is 266 g/mol. The van der Waals surface area contributed by atoms with Crippen molar-refractivity contribution in [1.29, 1.82) is 0 Å². The number of pyridine rings is 1. The first-order valence-corrected chi connectivity index (χ1v) is 5.92. The Morgan fingerprint density at radius 1 is 1.37 bits per heavy atom. The minimum Gasteiger partial charge on any atom is -0.465 e. The van der Waals surface area contributed by atoms with Crippen molar-refractivity contribution in [2.45, 2.75) is 13.8 Å². The van der Waals surface area contributed by atoms with Gasteiger partial charge in [0.2, 0.25) is 0 Å². The highest BCUT2D eigenvalue weighted by atomic mass is 16.5. The van der Waals surface area contributed by atoms with Crippen molar-refractivity contribution < 1.29 is 19.1 Å². The highest BCUT2D eigenvalue weighted by Gasteiger charge is 2.14. The van der Waals surface area contributed by atoms with Crippen LogP contribution in [0, 0.1) is 6.92 Å². The van der Waals surface area contributed by atoms with Gasteiger partial charge in [0.25, 0.3) is 0 Å². The maximum absolute atomic E-state index is 11.4. The van der Waals surface area contributed by atoms with Gasteiger partial charge in [-0.1, -0.05) is 0 Å². The number of likely N-dealkylation sites (N-methyl/N-ethyl adjacent to an activating group) is 1.